The highest BCUT2D eigenvalue weighted by Gasteiger charge is 2.30. The van der Waals surface area contributed by atoms with Crippen molar-refractivity contribution < 1.29 is 22.8 Å². The minimum atomic E-state index is -4.50. The lowest BCUT2D eigenvalue weighted by atomic mass is 10.1. The first-order valence-electron chi connectivity index (χ1n) is 9.23. The second kappa shape index (κ2) is 8.70. The van der Waals surface area contributed by atoms with E-state index in [2.05, 4.69) is 30.6 Å². The smallest absolute Gasteiger partial charge is 0.369 e. The zero-order chi connectivity index (χ0) is 23.6. The monoisotopic (exact) mass is 473 g/mol. The van der Waals surface area contributed by atoms with Gasteiger partial charge in [-0.2, -0.15) is 18.2 Å². The van der Waals surface area contributed by atoms with Crippen molar-refractivity contribution >= 4 is 51.2 Å². The molecular formula is C20H14F3N7O2S. The SMILES string of the molecule is NC(=Nc1nc2ccccc2[nH]1)NC(=O)c1csc(NC(=O)c2ccc(C(F)(F)F)cc2)n1. The van der Waals surface area contributed by atoms with Crippen LogP contribution in [-0.4, -0.2) is 32.7 Å². The lowest BCUT2D eigenvalue weighted by Gasteiger charge is -2.07. The summed E-state index contributed by atoms with van der Waals surface area (Å²) in [6.45, 7) is 0. The fourth-order valence-electron chi connectivity index (χ4n) is 2.73. The number of nitrogens with zero attached hydrogens (tertiary/aromatic N) is 3. The Bertz CT molecular complexity index is 1330. The molecule has 168 valence electrons. The van der Waals surface area contributed by atoms with Gasteiger partial charge in [0.1, 0.15) is 5.69 Å². The molecule has 4 aromatic rings. The summed E-state index contributed by atoms with van der Waals surface area (Å²) in [6, 6.07) is 11.0. The Kier molecular flexibility index (Phi) is 5.79. The molecule has 2 amide bonds. The maximum Gasteiger partial charge on any atom is 0.416 e. The van der Waals surface area contributed by atoms with E-state index in [1.807, 2.05) is 18.2 Å². The van der Waals surface area contributed by atoms with E-state index in [4.69, 9.17) is 5.73 Å². The minimum absolute atomic E-state index is 0.00594. The van der Waals surface area contributed by atoms with Gasteiger partial charge >= 0.3 is 6.18 Å². The third-order valence-corrected chi connectivity index (χ3v) is 5.03. The van der Waals surface area contributed by atoms with Gasteiger partial charge in [-0.1, -0.05) is 12.1 Å². The van der Waals surface area contributed by atoms with E-state index in [0.717, 1.165) is 41.1 Å². The number of thiazole rings is 1. The fraction of sp³-hybridized carbons (Fsp3) is 0.0500. The fourth-order valence-corrected chi connectivity index (χ4v) is 3.42. The van der Waals surface area contributed by atoms with Gasteiger partial charge in [-0.25, -0.2) is 9.97 Å². The van der Waals surface area contributed by atoms with Gasteiger partial charge < -0.3 is 10.7 Å². The number of amides is 2. The van der Waals surface area contributed by atoms with Crippen molar-refractivity contribution in [2.24, 2.45) is 10.7 Å². The first kappa shape index (κ1) is 22.0. The molecular weight excluding hydrogens is 459 g/mol. The number of alkyl halides is 3. The number of guanidine groups is 1. The zero-order valence-corrected chi connectivity index (χ0v) is 17.3. The molecule has 33 heavy (non-hydrogen) atoms. The Morgan fingerprint density at radius 2 is 1.76 bits per heavy atom. The van der Waals surface area contributed by atoms with Crippen LogP contribution in [0.2, 0.25) is 0 Å². The normalized spacial score (nSPS) is 12.0. The van der Waals surface area contributed by atoms with E-state index in [0.29, 0.717) is 5.52 Å². The molecule has 0 unspecified atom stereocenters. The largest absolute Gasteiger partial charge is 0.416 e. The average Bonchev–Trinajstić information content (AvgIpc) is 3.39. The molecule has 0 fully saturated rings. The molecule has 0 aliphatic heterocycles. The van der Waals surface area contributed by atoms with Gasteiger partial charge in [-0.05, 0) is 36.4 Å². The first-order valence-corrected chi connectivity index (χ1v) is 10.1. The third-order valence-electron chi connectivity index (χ3n) is 4.28. The summed E-state index contributed by atoms with van der Waals surface area (Å²) in [6.07, 6.45) is -4.50. The summed E-state index contributed by atoms with van der Waals surface area (Å²) < 4.78 is 37.9. The molecule has 2 aromatic carbocycles. The van der Waals surface area contributed by atoms with Gasteiger partial charge in [0, 0.05) is 10.9 Å². The van der Waals surface area contributed by atoms with Crippen molar-refractivity contribution in [3.63, 3.8) is 0 Å². The molecule has 13 heteroatoms. The highest BCUT2D eigenvalue weighted by Crippen LogP contribution is 2.29. The van der Waals surface area contributed by atoms with Crippen molar-refractivity contribution in [2.75, 3.05) is 5.32 Å². The molecule has 0 atom stereocenters. The van der Waals surface area contributed by atoms with Gasteiger partial charge in [0.2, 0.25) is 11.9 Å². The highest BCUT2D eigenvalue weighted by molar-refractivity contribution is 7.14. The molecule has 0 aliphatic carbocycles. The molecule has 0 saturated heterocycles. The molecule has 0 aliphatic rings. The van der Waals surface area contributed by atoms with Crippen molar-refractivity contribution in [1.29, 1.82) is 0 Å². The number of rotatable bonds is 4. The maximum absolute atomic E-state index is 12.6. The number of carbonyl (C=O) groups excluding carboxylic acids is 2. The van der Waals surface area contributed by atoms with Crippen molar-refractivity contribution in [2.45, 2.75) is 6.18 Å². The van der Waals surface area contributed by atoms with Crippen LogP contribution in [0.1, 0.15) is 26.4 Å². The Morgan fingerprint density at radius 3 is 2.45 bits per heavy atom. The number of aliphatic imine (C=N–C) groups is 1. The van der Waals surface area contributed by atoms with E-state index in [1.165, 1.54) is 5.38 Å². The molecule has 5 N–H and O–H groups in total. The van der Waals surface area contributed by atoms with Gasteiger partial charge in [0.25, 0.3) is 11.8 Å². The number of aromatic nitrogens is 3. The molecule has 0 bridgehead atoms. The van der Waals surface area contributed by atoms with E-state index < -0.39 is 23.6 Å². The Balaban J connectivity index is 1.39. The Labute approximate surface area is 187 Å². The number of aromatic amines is 1. The van der Waals surface area contributed by atoms with E-state index in [-0.39, 0.29) is 28.3 Å². The lowest BCUT2D eigenvalue weighted by molar-refractivity contribution is -0.137. The molecule has 0 saturated carbocycles. The standard InChI is InChI=1S/C20H14F3N7O2S/c21-20(22,23)11-7-5-10(6-8-11)15(31)29-19-27-14(9-33-19)16(32)28-17(24)30-18-25-12-3-1-2-4-13(12)26-18/h1-9H,(H,27,29,31)(H4,24,25,26,28,30,32). The van der Waals surface area contributed by atoms with Crippen LogP contribution in [0.15, 0.2) is 58.9 Å². The summed E-state index contributed by atoms with van der Waals surface area (Å²) >= 11 is 0.959. The lowest BCUT2D eigenvalue weighted by Crippen LogP contribution is -2.36. The number of halogens is 3. The van der Waals surface area contributed by atoms with Crippen LogP contribution in [0.3, 0.4) is 0 Å². The number of para-hydroxylation sites is 2. The average molecular weight is 473 g/mol. The van der Waals surface area contributed by atoms with Crippen LogP contribution in [-0.2, 0) is 6.18 Å². The third kappa shape index (κ3) is 5.15. The Morgan fingerprint density at radius 1 is 1.03 bits per heavy atom. The van der Waals surface area contributed by atoms with Crippen LogP contribution in [0.4, 0.5) is 24.3 Å². The van der Waals surface area contributed by atoms with Crippen molar-refractivity contribution in [1.82, 2.24) is 20.3 Å². The number of fused-ring (bicyclic) bond motifs is 1. The second-order valence-corrected chi connectivity index (χ2v) is 7.45. The van der Waals surface area contributed by atoms with Gasteiger partial charge in [0.05, 0.1) is 16.6 Å². The number of H-pyrrole nitrogens is 1. The van der Waals surface area contributed by atoms with Crippen molar-refractivity contribution in [3.8, 4) is 0 Å². The van der Waals surface area contributed by atoms with Gasteiger partial charge in [-0.15, -0.1) is 11.3 Å². The van der Waals surface area contributed by atoms with Crippen LogP contribution >= 0.6 is 11.3 Å². The van der Waals surface area contributed by atoms with Crippen LogP contribution in [0, 0.1) is 0 Å². The quantitative estimate of drug-likeness (QED) is 0.265. The highest BCUT2D eigenvalue weighted by atomic mass is 32.1. The number of hydrogen-bond donors (Lipinski definition) is 4. The maximum atomic E-state index is 12.6. The molecule has 4 rings (SSSR count). The number of anilines is 1. The number of nitrogens with one attached hydrogen (secondary N) is 3. The number of hydrogen-bond acceptors (Lipinski definition) is 6. The number of nitrogens with two attached hydrogens (primary N) is 1. The molecule has 2 aromatic heterocycles. The minimum Gasteiger partial charge on any atom is -0.369 e. The number of imidazole rings is 1. The predicted molar refractivity (Wildman–Crippen MR) is 116 cm³/mol. The molecule has 9 nitrogen and oxygen atoms in total. The summed E-state index contributed by atoms with van der Waals surface area (Å²) in [5.41, 5.74) is 6.30. The Hall–Kier alpha value is -4.26. The first-order chi connectivity index (χ1) is 15.7. The van der Waals surface area contributed by atoms with Crippen LogP contribution < -0.4 is 16.4 Å². The summed E-state index contributed by atoms with van der Waals surface area (Å²) in [4.78, 5) is 39.7. The second-order valence-electron chi connectivity index (χ2n) is 6.60. The molecule has 0 spiro atoms. The summed E-state index contributed by atoms with van der Waals surface area (Å²) in [5, 5.41) is 6.25. The predicted octanol–water partition coefficient (Wildman–Crippen LogP) is 3.67. The van der Waals surface area contributed by atoms with Gasteiger partial charge in [-0.3, -0.25) is 20.2 Å². The number of benzene rings is 2. The summed E-state index contributed by atoms with van der Waals surface area (Å²) in [5.74, 6) is -1.35. The zero-order valence-electron chi connectivity index (χ0n) is 16.5. The summed E-state index contributed by atoms with van der Waals surface area (Å²) in [7, 11) is 0. The van der Waals surface area contributed by atoms with Gasteiger partial charge in [0.15, 0.2) is 5.13 Å². The molecule has 2 heterocycles. The van der Waals surface area contributed by atoms with E-state index in [9.17, 15) is 22.8 Å². The number of carbonyl (C=O) groups is 2. The van der Waals surface area contributed by atoms with E-state index in [1.54, 1.807) is 6.07 Å². The van der Waals surface area contributed by atoms with E-state index >= 15 is 0 Å². The van der Waals surface area contributed by atoms with Crippen LogP contribution in [0.25, 0.3) is 11.0 Å². The van der Waals surface area contributed by atoms with Crippen LogP contribution in [0.5, 0.6) is 0 Å². The van der Waals surface area contributed by atoms with Crippen molar-refractivity contribution in [3.05, 3.63) is 70.7 Å². The molecule has 0 radical (unpaired) electrons. The topological polar surface area (TPSA) is 138 Å².